The average molecular weight is 233 g/mol. The van der Waals surface area contributed by atoms with Crippen LogP contribution >= 0.6 is 0 Å². The van der Waals surface area contributed by atoms with Crippen LogP contribution in [0.15, 0.2) is 36.7 Å². The smallest absolute Gasteiger partial charge is 0.336 e. The number of halogens is 1. The molecule has 1 heterocycles. The number of carbonyl (C=O) groups is 1. The van der Waals surface area contributed by atoms with Gasteiger partial charge < -0.3 is 10.2 Å². The van der Waals surface area contributed by atoms with E-state index in [1.807, 2.05) is 0 Å². The van der Waals surface area contributed by atoms with Gasteiger partial charge in [0.1, 0.15) is 11.6 Å². The molecule has 0 saturated carbocycles. The van der Waals surface area contributed by atoms with Crippen molar-refractivity contribution in [1.82, 2.24) is 4.98 Å². The zero-order valence-electron chi connectivity index (χ0n) is 8.59. The van der Waals surface area contributed by atoms with E-state index < -0.39 is 11.8 Å². The molecule has 2 rings (SSSR count). The third kappa shape index (κ3) is 2.23. The third-order valence-electron chi connectivity index (χ3n) is 2.25. The van der Waals surface area contributed by atoms with Crippen LogP contribution in [0.25, 0.3) is 11.1 Å². The molecular formula is C12H8FNO3. The van der Waals surface area contributed by atoms with Gasteiger partial charge in [-0.3, -0.25) is 4.98 Å². The van der Waals surface area contributed by atoms with E-state index in [1.54, 1.807) is 0 Å². The first-order valence-corrected chi connectivity index (χ1v) is 4.75. The van der Waals surface area contributed by atoms with Crippen molar-refractivity contribution in [1.29, 1.82) is 0 Å². The van der Waals surface area contributed by atoms with Gasteiger partial charge >= 0.3 is 5.97 Å². The van der Waals surface area contributed by atoms with E-state index in [0.717, 1.165) is 12.3 Å². The highest BCUT2D eigenvalue weighted by molar-refractivity contribution is 5.96. The van der Waals surface area contributed by atoms with E-state index in [-0.39, 0.29) is 11.3 Å². The number of carboxylic acids is 1. The molecule has 0 aliphatic rings. The summed E-state index contributed by atoms with van der Waals surface area (Å²) in [5.41, 5.74) is 0.558. The second-order valence-electron chi connectivity index (χ2n) is 3.43. The van der Waals surface area contributed by atoms with Crippen molar-refractivity contribution in [3.8, 4) is 16.9 Å². The number of phenols is 1. The van der Waals surface area contributed by atoms with Crippen LogP contribution in [0.1, 0.15) is 10.4 Å². The first kappa shape index (κ1) is 11.1. The standard InChI is InChI=1S/C12H8FNO3/c13-8-3-7(5-14-6-8)10-2-1-9(15)4-11(10)12(16)17/h1-6,15H,(H,16,17). The number of hydrogen-bond acceptors (Lipinski definition) is 3. The Bertz CT molecular complexity index is 584. The Hall–Kier alpha value is -2.43. The molecular weight excluding hydrogens is 225 g/mol. The van der Waals surface area contributed by atoms with E-state index >= 15 is 0 Å². The Morgan fingerprint density at radius 3 is 2.65 bits per heavy atom. The third-order valence-corrected chi connectivity index (χ3v) is 2.25. The second-order valence-corrected chi connectivity index (χ2v) is 3.43. The number of nitrogens with zero attached hydrogens (tertiary/aromatic N) is 1. The lowest BCUT2D eigenvalue weighted by Gasteiger charge is -2.06. The van der Waals surface area contributed by atoms with Crippen molar-refractivity contribution in [2.24, 2.45) is 0 Å². The monoisotopic (exact) mass is 233 g/mol. The lowest BCUT2D eigenvalue weighted by atomic mass is 10.0. The van der Waals surface area contributed by atoms with Crippen LogP contribution in [0, 0.1) is 5.82 Å². The largest absolute Gasteiger partial charge is 0.508 e. The zero-order chi connectivity index (χ0) is 12.4. The maximum atomic E-state index is 13.0. The van der Waals surface area contributed by atoms with Crippen molar-refractivity contribution in [2.75, 3.05) is 0 Å². The van der Waals surface area contributed by atoms with Gasteiger partial charge in [-0.15, -0.1) is 0 Å². The summed E-state index contributed by atoms with van der Waals surface area (Å²) in [7, 11) is 0. The SMILES string of the molecule is O=C(O)c1cc(O)ccc1-c1cncc(F)c1. The van der Waals surface area contributed by atoms with Gasteiger partial charge in [-0.1, -0.05) is 0 Å². The van der Waals surface area contributed by atoms with Crippen LogP contribution in [0.2, 0.25) is 0 Å². The molecule has 0 radical (unpaired) electrons. The molecule has 0 fully saturated rings. The van der Waals surface area contributed by atoms with Gasteiger partial charge in [-0.2, -0.15) is 0 Å². The van der Waals surface area contributed by atoms with Gasteiger partial charge in [-0.05, 0) is 29.8 Å². The lowest BCUT2D eigenvalue weighted by molar-refractivity contribution is 0.0697. The van der Waals surface area contributed by atoms with Gasteiger partial charge in [0, 0.05) is 11.8 Å². The fourth-order valence-electron chi connectivity index (χ4n) is 1.52. The number of aromatic nitrogens is 1. The number of aromatic hydroxyl groups is 1. The molecule has 4 nitrogen and oxygen atoms in total. The van der Waals surface area contributed by atoms with Crippen molar-refractivity contribution >= 4 is 5.97 Å². The van der Waals surface area contributed by atoms with Crippen LogP contribution < -0.4 is 0 Å². The van der Waals surface area contributed by atoms with E-state index in [2.05, 4.69) is 4.98 Å². The first-order valence-electron chi connectivity index (χ1n) is 4.75. The summed E-state index contributed by atoms with van der Waals surface area (Å²) in [5, 5.41) is 18.2. The van der Waals surface area contributed by atoms with Gasteiger partial charge in [-0.25, -0.2) is 9.18 Å². The number of benzene rings is 1. The normalized spacial score (nSPS) is 10.2. The Morgan fingerprint density at radius 1 is 1.24 bits per heavy atom. The lowest BCUT2D eigenvalue weighted by Crippen LogP contribution is -1.99. The highest BCUT2D eigenvalue weighted by atomic mass is 19.1. The van der Waals surface area contributed by atoms with Crippen molar-refractivity contribution < 1.29 is 19.4 Å². The molecule has 0 saturated heterocycles. The Morgan fingerprint density at radius 2 is 2.00 bits per heavy atom. The van der Waals surface area contributed by atoms with Gasteiger partial charge in [0.25, 0.3) is 0 Å². The van der Waals surface area contributed by atoms with Crippen LogP contribution in [0.5, 0.6) is 5.75 Å². The van der Waals surface area contributed by atoms with E-state index in [9.17, 15) is 14.3 Å². The number of phenolic OH excluding ortho intramolecular Hbond substituents is 1. The van der Waals surface area contributed by atoms with Crippen molar-refractivity contribution in [2.45, 2.75) is 0 Å². The summed E-state index contributed by atoms with van der Waals surface area (Å²) in [6, 6.07) is 5.05. The van der Waals surface area contributed by atoms with Crippen molar-refractivity contribution in [3.05, 3.63) is 48.0 Å². The van der Waals surface area contributed by atoms with E-state index in [1.165, 1.54) is 24.4 Å². The molecule has 86 valence electrons. The Balaban J connectivity index is 2.63. The molecule has 0 spiro atoms. The van der Waals surface area contributed by atoms with Gasteiger partial charge in [0.05, 0.1) is 11.8 Å². The van der Waals surface area contributed by atoms with Crippen LogP contribution in [0.3, 0.4) is 0 Å². The number of hydrogen-bond donors (Lipinski definition) is 2. The zero-order valence-corrected chi connectivity index (χ0v) is 8.59. The molecule has 0 aliphatic carbocycles. The molecule has 0 unspecified atom stereocenters. The quantitative estimate of drug-likeness (QED) is 0.834. The van der Waals surface area contributed by atoms with Gasteiger partial charge in [0.15, 0.2) is 0 Å². The molecule has 0 aliphatic heterocycles. The summed E-state index contributed by atoms with van der Waals surface area (Å²) in [4.78, 5) is 14.7. The minimum Gasteiger partial charge on any atom is -0.508 e. The second kappa shape index (κ2) is 4.21. The fraction of sp³-hybridized carbons (Fsp3) is 0. The van der Waals surface area contributed by atoms with Crippen LogP contribution in [-0.2, 0) is 0 Å². The minimum atomic E-state index is -1.19. The molecule has 0 bridgehead atoms. The molecule has 1 aromatic carbocycles. The first-order chi connectivity index (χ1) is 8.08. The Labute approximate surface area is 96.0 Å². The predicted molar refractivity (Wildman–Crippen MR) is 58.3 cm³/mol. The number of pyridine rings is 1. The number of aromatic carboxylic acids is 1. The minimum absolute atomic E-state index is 0.0996. The fourth-order valence-corrected chi connectivity index (χ4v) is 1.52. The maximum Gasteiger partial charge on any atom is 0.336 e. The molecule has 2 N–H and O–H groups in total. The molecule has 0 amide bonds. The van der Waals surface area contributed by atoms with E-state index in [4.69, 9.17) is 5.11 Å². The van der Waals surface area contributed by atoms with Crippen LogP contribution in [-0.4, -0.2) is 21.2 Å². The summed E-state index contributed by atoms with van der Waals surface area (Å²) < 4.78 is 13.0. The van der Waals surface area contributed by atoms with E-state index in [0.29, 0.717) is 11.1 Å². The highest BCUT2D eigenvalue weighted by Crippen LogP contribution is 2.26. The van der Waals surface area contributed by atoms with Crippen LogP contribution in [0.4, 0.5) is 4.39 Å². The summed E-state index contributed by atoms with van der Waals surface area (Å²) in [6.07, 6.45) is 2.40. The topological polar surface area (TPSA) is 70.4 Å². The average Bonchev–Trinajstić information content (AvgIpc) is 2.28. The highest BCUT2D eigenvalue weighted by Gasteiger charge is 2.13. The Kier molecular flexibility index (Phi) is 2.74. The molecule has 1 aromatic heterocycles. The summed E-state index contributed by atoms with van der Waals surface area (Å²) in [6.45, 7) is 0. The molecule has 2 aromatic rings. The molecule has 5 heteroatoms. The van der Waals surface area contributed by atoms with Gasteiger partial charge in [0.2, 0.25) is 0 Å². The number of rotatable bonds is 2. The predicted octanol–water partition coefficient (Wildman–Crippen LogP) is 2.29. The molecule has 0 atom stereocenters. The summed E-state index contributed by atoms with van der Waals surface area (Å²) >= 11 is 0. The maximum absolute atomic E-state index is 13.0. The number of carboxylic acid groups (broad SMARTS) is 1. The van der Waals surface area contributed by atoms with Crippen molar-refractivity contribution in [3.63, 3.8) is 0 Å². The molecule has 17 heavy (non-hydrogen) atoms. The summed E-state index contributed by atoms with van der Waals surface area (Å²) in [5.74, 6) is -1.90.